The Kier molecular flexibility index (Phi) is 4.49. The minimum atomic E-state index is -0.0275. The summed E-state index contributed by atoms with van der Waals surface area (Å²) in [5, 5.41) is 12.4. The Morgan fingerprint density at radius 1 is 1.31 bits per heavy atom. The normalized spacial score (nSPS) is 18.9. The number of carbonyl (C=O) groups is 1. The quantitative estimate of drug-likeness (QED) is 0.633. The largest absolute Gasteiger partial charge is 0.484 e. The van der Waals surface area contributed by atoms with Gasteiger partial charge in [-0.25, -0.2) is 4.68 Å². The number of ether oxygens (including phenoxy) is 1. The van der Waals surface area contributed by atoms with E-state index in [2.05, 4.69) is 20.5 Å². The first-order chi connectivity index (χ1) is 14.2. The zero-order valence-corrected chi connectivity index (χ0v) is 16.2. The number of rotatable bonds is 6. The fourth-order valence-electron chi connectivity index (χ4n) is 3.53. The number of aryl methyl sites for hydroxylation is 1. The molecular formula is C20H22N6O3. The minimum absolute atomic E-state index is 0.0275. The van der Waals surface area contributed by atoms with Gasteiger partial charge in [0, 0.05) is 19.0 Å². The van der Waals surface area contributed by atoms with E-state index in [0.717, 1.165) is 30.7 Å². The Balaban J connectivity index is 1.18. The van der Waals surface area contributed by atoms with Crippen LogP contribution < -0.4 is 4.74 Å². The first kappa shape index (κ1) is 17.8. The van der Waals surface area contributed by atoms with E-state index >= 15 is 0 Å². The summed E-state index contributed by atoms with van der Waals surface area (Å²) in [5.74, 6) is 2.26. The van der Waals surface area contributed by atoms with Gasteiger partial charge in [-0.15, -0.1) is 5.10 Å². The lowest BCUT2D eigenvalue weighted by Gasteiger charge is -2.17. The highest BCUT2D eigenvalue weighted by Gasteiger charge is 2.31. The lowest BCUT2D eigenvalue weighted by Crippen LogP contribution is -2.33. The molecule has 2 fully saturated rings. The number of amides is 1. The number of likely N-dealkylation sites (tertiary alicyclic amines) is 1. The maximum atomic E-state index is 12.5. The molecule has 0 unspecified atom stereocenters. The Morgan fingerprint density at radius 2 is 2.21 bits per heavy atom. The molecule has 0 radical (unpaired) electrons. The summed E-state index contributed by atoms with van der Waals surface area (Å²) in [4.78, 5) is 18.7. The van der Waals surface area contributed by atoms with Crippen molar-refractivity contribution in [3.63, 3.8) is 0 Å². The third-order valence-electron chi connectivity index (χ3n) is 5.36. The van der Waals surface area contributed by atoms with E-state index in [1.54, 1.807) is 9.58 Å². The molecule has 1 aliphatic heterocycles. The Labute approximate surface area is 167 Å². The van der Waals surface area contributed by atoms with Gasteiger partial charge in [-0.1, -0.05) is 22.5 Å². The van der Waals surface area contributed by atoms with Crippen LogP contribution in [0.3, 0.4) is 0 Å². The summed E-state index contributed by atoms with van der Waals surface area (Å²) < 4.78 is 12.7. The second-order valence-corrected chi connectivity index (χ2v) is 7.70. The van der Waals surface area contributed by atoms with Crippen LogP contribution in [0.5, 0.6) is 5.75 Å². The highest BCUT2D eigenvalue weighted by atomic mass is 16.5. The lowest BCUT2D eigenvalue weighted by atomic mass is 10.2. The van der Waals surface area contributed by atoms with Crippen molar-refractivity contribution in [3.8, 4) is 17.3 Å². The highest BCUT2D eigenvalue weighted by Crippen LogP contribution is 2.38. The van der Waals surface area contributed by atoms with Gasteiger partial charge in [-0.3, -0.25) is 4.79 Å². The van der Waals surface area contributed by atoms with Gasteiger partial charge in [0.25, 0.3) is 11.8 Å². The van der Waals surface area contributed by atoms with Crippen molar-refractivity contribution in [2.75, 3.05) is 19.7 Å². The second kappa shape index (κ2) is 7.31. The number of hydrogen-bond donors (Lipinski definition) is 0. The predicted molar refractivity (Wildman–Crippen MR) is 102 cm³/mol. The van der Waals surface area contributed by atoms with Crippen molar-refractivity contribution in [2.24, 2.45) is 0 Å². The zero-order valence-electron chi connectivity index (χ0n) is 16.2. The molecule has 1 saturated carbocycles. The van der Waals surface area contributed by atoms with E-state index in [0.29, 0.717) is 36.3 Å². The van der Waals surface area contributed by atoms with Crippen molar-refractivity contribution in [1.29, 1.82) is 0 Å². The molecule has 0 N–H and O–H groups in total. The predicted octanol–water partition coefficient (Wildman–Crippen LogP) is 2.37. The minimum Gasteiger partial charge on any atom is -0.484 e. The molecule has 1 aromatic carbocycles. The van der Waals surface area contributed by atoms with Crippen molar-refractivity contribution in [3.05, 3.63) is 41.9 Å². The van der Waals surface area contributed by atoms with Gasteiger partial charge < -0.3 is 14.2 Å². The van der Waals surface area contributed by atoms with Crippen molar-refractivity contribution in [1.82, 2.24) is 30.0 Å². The van der Waals surface area contributed by atoms with Gasteiger partial charge in [0.05, 0.1) is 12.2 Å². The van der Waals surface area contributed by atoms with Gasteiger partial charge >= 0.3 is 0 Å². The lowest BCUT2D eigenvalue weighted by molar-refractivity contribution is -0.132. The van der Waals surface area contributed by atoms with Crippen LogP contribution in [0.1, 0.15) is 42.6 Å². The SMILES string of the molecule is Cc1cccc(OCC(=O)N2CC[C@@H](n3cc(-c4nc(C5CC5)no4)nn3)C2)c1. The van der Waals surface area contributed by atoms with Gasteiger partial charge in [-0.2, -0.15) is 4.98 Å². The number of carbonyl (C=O) groups excluding carboxylic acids is 1. The van der Waals surface area contributed by atoms with Crippen molar-refractivity contribution >= 4 is 5.91 Å². The van der Waals surface area contributed by atoms with E-state index in [9.17, 15) is 4.79 Å². The molecule has 9 nitrogen and oxygen atoms in total. The molecule has 1 amide bonds. The molecule has 1 aliphatic carbocycles. The average Bonchev–Trinajstić information content (AvgIpc) is 3.16. The van der Waals surface area contributed by atoms with Crippen LogP contribution in [0.4, 0.5) is 0 Å². The molecule has 1 atom stereocenters. The summed E-state index contributed by atoms with van der Waals surface area (Å²) in [6, 6.07) is 7.76. The molecule has 29 heavy (non-hydrogen) atoms. The summed E-state index contributed by atoms with van der Waals surface area (Å²) in [7, 11) is 0. The van der Waals surface area contributed by atoms with Gasteiger partial charge in [0.15, 0.2) is 18.1 Å². The van der Waals surface area contributed by atoms with Crippen LogP contribution in [0.15, 0.2) is 35.0 Å². The molecule has 1 saturated heterocycles. The van der Waals surface area contributed by atoms with Crippen LogP contribution in [-0.4, -0.2) is 55.6 Å². The first-order valence-electron chi connectivity index (χ1n) is 9.89. The maximum Gasteiger partial charge on any atom is 0.280 e. The van der Waals surface area contributed by atoms with Gasteiger partial charge in [-0.05, 0) is 43.9 Å². The number of hydrogen-bond acceptors (Lipinski definition) is 7. The van der Waals surface area contributed by atoms with Crippen LogP contribution in [0, 0.1) is 6.92 Å². The smallest absolute Gasteiger partial charge is 0.280 e. The third kappa shape index (κ3) is 3.85. The number of nitrogens with zero attached hydrogens (tertiary/aromatic N) is 6. The average molecular weight is 394 g/mol. The number of aromatic nitrogens is 5. The van der Waals surface area contributed by atoms with Crippen LogP contribution in [0.25, 0.3) is 11.6 Å². The summed E-state index contributed by atoms with van der Waals surface area (Å²) >= 11 is 0. The fourth-order valence-corrected chi connectivity index (χ4v) is 3.53. The van der Waals surface area contributed by atoms with E-state index in [1.807, 2.05) is 37.4 Å². The molecule has 150 valence electrons. The molecule has 2 aliphatic rings. The Bertz CT molecular complexity index is 1020. The standard InChI is InChI=1S/C20H22N6O3/c1-13-3-2-4-16(9-13)28-12-18(27)25-8-7-15(10-25)26-11-17(22-24-26)20-21-19(23-29-20)14-5-6-14/h2-4,9,11,14-15H,5-8,10,12H2,1H3/t15-/m1/s1. The molecule has 0 spiro atoms. The maximum absolute atomic E-state index is 12.5. The van der Waals surface area contributed by atoms with Crippen molar-refractivity contribution < 1.29 is 14.1 Å². The van der Waals surface area contributed by atoms with E-state index < -0.39 is 0 Å². The first-order valence-corrected chi connectivity index (χ1v) is 9.89. The molecule has 2 aromatic heterocycles. The summed E-state index contributed by atoms with van der Waals surface area (Å²) in [6.45, 7) is 3.27. The molecule has 5 rings (SSSR count). The molecular weight excluding hydrogens is 372 g/mol. The molecule has 3 aromatic rings. The molecule has 0 bridgehead atoms. The second-order valence-electron chi connectivity index (χ2n) is 7.70. The summed E-state index contributed by atoms with van der Waals surface area (Å²) in [6.07, 6.45) is 4.86. The van der Waals surface area contributed by atoms with Gasteiger partial charge in [0.1, 0.15) is 5.75 Å². The Hall–Kier alpha value is -3.23. The zero-order chi connectivity index (χ0) is 19.8. The number of benzene rings is 1. The summed E-state index contributed by atoms with van der Waals surface area (Å²) in [5.41, 5.74) is 1.67. The van der Waals surface area contributed by atoms with Gasteiger partial charge in [0.2, 0.25) is 0 Å². The molecule has 3 heterocycles. The van der Waals surface area contributed by atoms with Crippen LogP contribution in [0.2, 0.25) is 0 Å². The Morgan fingerprint density at radius 3 is 3.03 bits per heavy atom. The van der Waals surface area contributed by atoms with E-state index in [4.69, 9.17) is 9.26 Å². The van der Waals surface area contributed by atoms with Crippen LogP contribution >= 0.6 is 0 Å². The van der Waals surface area contributed by atoms with Crippen molar-refractivity contribution in [2.45, 2.75) is 38.1 Å². The topological polar surface area (TPSA) is 99.2 Å². The van der Waals surface area contributed by atoms with Crippen LogP contribution in [-0.2, 0) is 4.79 Å². The molecule has 9 heteroatoms. The van der Waals surface area contributed by atoms with E-state index in [1.165, 1.54) is 0 Å². The van der Waals surface area contributed by atoms with E-state index in [-0.39, 0.29) is 18.6 Å². The fraction of sp³-hybridized carbons (Fsp3) is 0.450. The highest BCUT2D eigenvalue weighted by molar-refractivity contribution is 5.78. The monoisotopic (exact) mass is 394 g/mol. The third-order valence-corrected chi connectivity index (χ3v) is 5.36.